The minimum atomic E-state index is -1.73. The first-order valence-electron chi connectivity index (χ1n) is 10.6. The lowest BCUT2D eigenvalue weighted by Crippen LogP contribution is -2.33. The quantitative estimate of drug-likeness (QED) is 0.216. The zero-order chi connectivity index (χ0) is 21.2. The van der Waals surface area contributed by atoms with Gasteiger partial charge in [-0.15, -0.1) is 0 Å². The summed E-state index contributed by atoms with van der Waals surface area (Å²) in [5, 5.41) is 4.34. The first-order chi connectivity index (χ1) is 14.6. The van der Waals surface area contributed by atoms with Gasteiger partial charge < -0.3 is 4.74 Å². The third-order valence-electron chi connectivity index (χ3n) is 5.27. The second kappa shape index (κ2) is 11.0. The lowest BCUT2D eigenvalue weighted by atomic mass is 10.2. The Balaban J connectivity index is 1.94. The number of hydrogen-bond acceptors (Lipinski definition) is 1. The Bertz CT molecular complexity index is 849. The lowest BCUT2D eigenvalue weighted by molar-refractivity contribution is 0.276. The summed E-state index contributed by atoms with van der Waals surface area (Å²) >= 11 is 0. The van der Waals surface area contributed by atoms with Gasteiger partial charge in [0.05, 0.1) is 12.4 Å². The fraction of sp³-hybridized carbons (Fsp3) is 0.214. The van der Waals surface area contributed by atoms with Crippen LogP contribution in [0.25, 0.3) is 0 Å². The molecule has 154 valence electrons. The Labute approximate surface area is 182 Å². The van der Waals surface area contributed by atoms with E-state index in [1.807, 2.05) is 13.2 Å². The van der Waals surface area contributed by atoms with Crippen LogP contribution in [0.4, 0.5) is 0 Å². The van der Waals surface area contributed by atoms with Gasteiger partial charge in [0, 0.05) is 0 Å². The molecule has 1 nitrogen and oxygen atoms in total. The van der Waals surface area contributed by atoms with Crippen LogP contribution < -0.4 is 15.9 Å². The molecule has 0 saturated heterocycles. The monoisotopic (exact) mass is 415 g/mol. The molecule has 0 aliphatic carbocycles. The van der Waals surface area contributed by atoms with Crippen molar-refractivity contribution in [2.75, 3.05) is 12.8 Å². The second-order valence-electron chi connectivity index (χ2n) is 7.88. The van der Waals surface area contributed by atoms with Crippen LogP contribution in [0.1, 0.15) is 26.7 Å². The molecule has 0 spiro atoms. The van der Waals surface area contributed by atoms with Crippen molar-refractivity contribution in [3.63, 3.8) is 0 Å². The summed E-state index contributed by atoms with van der Waals surface area (Å²) in [7, 11) is -1.73. The summed E-state index contributed by atoms with van der Waals surface area (Å²) in [6.07, 6.45) is 5.19. The highest BCUT2D eigenvalue weighted by atomic mass is 31.2. The number of rotatable bonds is 10. The van der Waals surface area contributed by atoms with Crippen molar-refractivity contribution in [2.24, 2.45) is 0 Å². The van der Waals surface area contributed by atoms with Crippen molar-refractivity contribution in [2.45, 2.75) is 26.7 Å². The third kappa shape index (κ3) is 5.49. The minimum absolute atomic E-state index is 0.590. The van der Waals surface area contributed by atoms with Gasteiger partial charge in [0.1, 0.15) is 29.8 Å². The Kier molecular flexibility index (Phi) is 8.05. The van der Waals surface area contributed by atoms with E-state index < -0.39 is 7.26 Å². The van der Waals surface area contributed by atoms with Crippen molar-refractivity contribution < 1.29 is 4.74 Å². The number of benzene rings is 3. The van der Waals surface area contributed by atoms with E-state index in [2.05, 4.69) is 104 Å². The number of hydrogen-bond donors (Lipinski definition) is 0. The Morgan fingerprint density at radius 2 is 1.20 bits per heavy atom. The summed E-state index contributed by atoms with van der Waals surface area (Å²) in [6, 6.07) is 33.2. The van der Waals surface area contributed by atoms with E-state index in [9.17, 15) is 0 Å². The summed E-state index contributed by atoms with van der Waals surface area (Å²) in [4.78, 5) is 0. The number of ether oxygens (including phenoxy) is 1. The molecule has 0 bridgehead atoms. The summed E-state index contributed by atoms with van der Waals surface area (Å²) < 4.78 is 5.64. The van der Waals surface area contributed by atoms with Crippen LogP contribution in [0.15, 0.2) is 115 Å². The fourth-order valence-corrected chi connectivity index (χ4v) is 8.21. The van der Waals surface area contributed by atoms with Gasteiger partial charge in [-0.25, -0.2) is 0 Å². The molecule has 0 radical (unpaired) electrons. The molecule has 0 atom stereocenters. The molecule has 3 aromatic rings. The predicted molar refractivity (Wildman–Crippen MR) is 134 cm³/mol. The summed E-state index contributed by atoms with van der Waals surface area (Å²) in [5.74, 6) is 0. The van der Waals surface area contributed by atoms with Crippen LogP contribution >= 0.6 is 7.26 Å². The van der Waals surface area contributed by atoms with Gasteiger partial charge >= 0.3 is 0 Å². The molecule has 0 heterocycles. The topological polar surface area (TPSA) is 9.23 Å². The normalized spacial score (nSPS) is 11.9. The third-order valence-corrected chi connectivity index (χ3v) is 9.80. The first kappa shape index (κ1) is 22.1. The molecule has 0 aromatic heterocycles. The van der Waals surface area contributed by atoms with Crippen molar-refractivity contribution in [3.8, 4) is 0 Å². The van der Waals surface area contributed by atoms with E-state index in [1.54, 1.807) is 0 Å². The SMILES string of the molecule is C=C(C)CO/C=C(\C)CCC[P+](c1ccccc1)(c1ccccc1)c1ccccc1. The molecule has 30 heavy (non-hydrogen) atoms. The van der Waals surface area contributed by atoms with Gasteiger partial charge in [0.25, 0.3) is 0 Å². The summed E-state index contributed by atoms with van der Waals surface area (Å²) in [6.45, 7) is 8.63. The molecule has 0 fully saturated rings. The Morgan fingerprint density at radius 3 is 1.60 bits per heavy atom. The van der Waals surface area contributed by atoms with Crippen molar-refractivity contribution in [3.05, 3.63) is 115 Å². The highest BCUT2D eigenvalue weighted by Gasteiger charge is 2.44. The molecule has 0 aliphatic rings. The van der Waals surface area contributed by atoms with Crippen LogP contribution in [0.3, 0.4) is 0 Å². The van der Waals surface area contributed by atoms with Crippen LogP contribution in [0, 0.1) is 0 Å². The average molecular weight is 416 g/mol. The van der Waals surface area contributed by atoms with Gasteiger partial charge in [-0.2, -0.15) is 0 Å². The van der Waals surface area contributed by atoms with E-state index in [1.165, 1.54) is 21.5 Å². The maximum atomic E-state index is 5.64. The zero-order valence-corrected chi connectivity index (χ0v) is 19.0. The van der Waals surface area contributed by atoms with Crippen LogP contribution in [0.2, 0.25) is 0 Å². The molecular weight excluding hydrogens is 383 g/mol. The van der Waals surface area contributed by atoms with E-state index >= 15 is 0 Å². The highest BCUT2D eigenvalue weighted by molar-refractivity contribution is 7.95. The molecule has 0 aliphatic heterocycles. The maximum absolute atomic E-state index is 5.64. The summed E-state index contributed by atoms with van der Waals surface area (Å²) in [5.41, 5.74) is 2.32. The van der Waals surface area contributed by atoms with E-state index in [0.29, 0.717) is 6.61 Å². The Morgan fingerprint density at radius 1 is 0.767 bits per heavy atom. The van der Waals surface area contributed by atoms with E-state index in [-0.39, 0.29) is 0 Å². The zero-order valence-electron chi connectivity index (χ0n) is 18.1. The molecule has 0 amide bonds. The predicted octanol–water partition coefficient (Wildman–Crippen LogP) is 6.26. The van der Waals surface area contributed by atoms with Gasteiger partial charge in [0.15, 0.2) is 0 Å². The second-order valence-corrected chi connectivity index (χ2v) is 11.5. The first-order valence-corrected chi connectivity index (χ1v) is 12.6. The smallest absolute Gasteiger partial charge is 0.112 e. The van der Waals surface area contributed by atoms with Crippen LogP contribution in [0.5, 0.6) is 0 Å². The molecular formula is C28H32OP+. The molecule has 3 rings (SSSR count). The van der Waals surface area contributed by atoms with Crippen molar-refractivity contribution in [1.29, 1.82) is 0 Å². The largest absolute Gasteiger partial charge is 0.497 e. The van der Waals surface area contributed by atoms with Crippen molar-refractivity contribution in [1.82, 2.24) is 0 Å². The standard InChI is InChI=1S/C28H32OP/c1-24(2)22-29-23-25(3)14-13-21-30(26-15-7-4-8-16-26,27-17-9-5-10-18-27)28-19-11-6-12-20-28/h4-12,15-20,23H,1,13-14,21-22H2,2-3H3/q+1/b25-23+. The van der Waals surface area contributed by atoms with Crippen molar-refractivity contribution >= 4 is 23.2 Å². The van der Waals surface area contributed by atoms with E-state index in [4.69, 9.17) is 4.74 Å². The maximum Gasteiger partial charge on any atom is 0.112 e. The van der Waals surface area contributed by atoms with Crippen LogP contribution in [-0.4, -0.2) is 12.8 Å². The molecule has 0 unspecified atom stereocenters. The molecule has 0 N–H and O–H groups in total. The highest BCUT2D eigenvalue weighted by Crippen LogP contribution is 2.56. The van der Waals surface area contributed by atoms with Crippen LogP contribution in [-0.2, 0) is 4.74 Å². The van der Waals surface area contributed by atoms with Gasteiger partial charge in [-0.1, -0.05) is 61.2 Å². The fourth-order valence-electron chi connectivity index (χ4n) is 3.86. The average Bonchev–Trinajstić information content (AvgIpc) is 2.78. The van der Waals surface area contributed by atoms with Gasteiger partial charge in [-0.05, 0) is 74.2 Å². The molecule has 3 aromatic carbocycles. The van der Waals surface area contributed by atoms with Gasteiger partial charge in [-0.3, -0.25) is 0 Å². The minimum Gasteiger partial charge on any atom is -0.497 e. The van der Waals surface area contributed by atoms with Gasteiger partial charge in [0.2, 0.25) is 0 Å². The van der Waals surface area contributed by atoms with E-state index in [0.717, 1.165) is 24.6 Å². The molecule has 2 heteroatoms. The Hall–Kier alpha value is -2.63. The lowest BCUT2D eigenvalue weighted by Gasteiger charge is -2.27. The molecule has 0 saturated carbocycles. The number of allylic oxidation sites excluding steroid dienone is 1.